The number of rotatable bonds is 13. The number of ether oxygens (including phenoxy) is 3. The molecule has 0 radical (unpaired) electrons. The van der Waals surface area contributed by atoms with E-state index in [1.54, 1.807) is 85.8 Å². The van der Waals surface area contributed by atoms with E-state index in [1.807, 2.05) is 0 Å². The number of methoxy groups -OCH3 is 3. The van der Waals surface area contributed by atoms with E-state index in [-0.39, 0.29) is 17.2 Å². The van der Waals surface area contributed by atoms with Crippen molar-refractivity contribution in [2.75, 3.05) is 32.0 Å². The Kier molecular flexibility index (Phi) is 11.6. The van der Waals surface area contributed by atoms with Gasteiger partial charge in [-0.05, 0) is 85.3 Å². The van der Waals surface area contributed by atoms with E-state index in [0.29, 0.717) is 39.8 Å². The number of carboxylic acids is 1. The Hall–Kier alpha value is -5.75. The summed E-state index contributed by atoms with van der Waals surface area (Å²) in [4.78, 5) is 51.3. The molecule has 0 saturated carbocycles. The molecule has 47 heavy (non-hydrogen) atoms. The van der Waals surface area contributed by atoms with E-state index in [1.165, 1.54) is 51.3 Å². The average molecular weight is 656 g/mol. The first-order valence-electron chi connectivity index (χ1n) is 14.2. The fourth-order valence-corrected chi connectivity index (χ4v) is 5.21. The van der Waals surface area contributed by atoms with Gasteiger partial charge in [0.25, 0.3) is 11.8 Å². The molecule has 1 unspecified atom stereocenters. The van der Waals surface area contributed by atoms with Crippen molar-refractivity contribution in [2.45, 2.75) is 17.1 Å². The van der Waals surface area contributed by atoms with Gasteiger partial charge in [0.2, 0.25) is 11.7 Å². The van der Waals surface area contributed by atoms with Gasteiger partial charge in [0.15, 0.2) is 11.5 Å². The molecular formula is C35H33N3O8S. The Bertz CT molecular complexity index is 1770. The molecule has 1 atom stereocenters. The molecule has 4 N–H and O–H groups in total. The predicted molar refractivity (Wildman–Crippen MR) is 180 cm³/mol. The maximum absolute atomic E-state index is 13.5. The van der Waals surface area contributed by atoms with Crippen molar-refractivity contribution in [3.8, 4) is 17.2 Å². The normalized spacial score (nSPS) is 11.5. The highest BCUT2D eigenvalue weighted by atomic mass is 32.2. The fraction of sp³-hybridized carbons (Fsp3) is 0.143. The van der Waals surface area contributed by atoms with Gasteiger partial charge >= 0.3 is 5.97 Å². The lowest BCUT2D eigenvalue weighted by molar-refractivity contribution is -0.115. The van der Waals surface area contributed by atoms with Gasteiger partial charge in [-0.2, -0.15) is 0 Å². The first kappa shape index (κ1) is 34.1. The summed E-state index contributed by atoms with van der Waals surface area (Å²) >= 11 is 1.29. The molecule has 4 aromatic carbocycles. The lowest BCUT2D eigenvalue weighted by atomic mass is 10.1. The summed E-state index contributed by atoms with van der Waals surface area (Å²) in [6, 6.07) is 24.7. The number of hydrogen-bond donors (Lipinski definition) is 4. The van der Waals surface area contributed by atoms with E-state index in [0.717, 1.165) is 4.90 Å². The smallest absolute Gasteiger partial charge is 0.335 e. The monoisotopic (exact) mass is 655 g/mol. The van der Waals surface area contributed by atoms with Crippen LogP contribution in [0.3, 0.4) is 0 Å². The van der Waals surface area contributed by atoms with E-state index in [2.05, 4.69) is 16.0 Å². The highest BCUT2D eigenvalue weighted by Gasteiger charge is 2.19. The zero-order valence-corrected chi connectivity index (χ0v) is 26.8. The van der Waals surface area contributed by atoms with Crippen LogP contribution in [0.2, 0.25) is 0 Å². The van der Waals surface area contributed by atoms with Gasteiger partial charge in [0.05, 0.1) is 32.1 Å². The molecule has 0 aliphatic rings. The number of nitrogens with one attached hydrogen (secondary N) is 3. The van der Waals surface area contributed by atoms with Crippen LogP contribution in [0.15, 0.2) is 102 Å². The summed E-state index contributed by atoms with van der Waals surface area (Å²) in [6.45, 7) is 1.73. The maximum Gasteiger partial charge on any atom is 0.335 e. The number of aromatic carboxylic acids is 1. The third kappa shape index (κ3) is 9.14. The molecule has 0 fully saturated rings. The van der Waals surface area contributed by atoms with Crippen LogP contribution in [-0.2, 0) is 9.59 Å². The Morgan fingerprint density at radius 2 is 1.38 bits per heavy atom. The van der Waals surface area contributed by atoms with Gasteiger partial charge < -0.3 is 35.3 Å². The molecule has 12 heteroatoms. The van der Waals surface area contributed by atoms with Gasteiger partial charge in [0, 0.05) is 21.8 Å². The summed E-state index contributed by atoms with van der Waals surface area (Å²) in [5.41, 5.74) is 1.74. The van der Waals surface area contributed by atoms with Crippen molar-refractivity contribution in [3.63, 3.8) is 0 Å². The van der Waals surface area contributed by atoms with Crippen LogP contribution in [0, 0.1) is 0 Å². The molecular weight excluding hydrogens is 622 g/mol. The topological polar surface area (TPSA) is 152 Å². The van der Waals surface area contributed by atoms with Crippen LogP contribution in [0.5, 0.6) is 17.2 Å². The Labute approximate surface area is 275 Å². The molecule has 0 saturated heterocycles. The quantitative estimate of drug-likeness (QED) is 0.101. The molecule has 11 nitrogen and oxygen atoms in total. The molecule has 0 aliphatic carbocycles. The van der Waals surface area contributed by atoms with Gasteiger partial charge in [-0.25, -0.2) is 4.79 Å². The van der Waals surface area contributed by atoms with Crippen LogP contribution in [0.4, 0.5) is 11.4 Å². The lowest BCUT2D eigenvalue weighted by Gasteiger charge is -2.15. The number of carboxylic acid groups (broad SMARTS) is 1. The molecule has 242 valence electrons. The van der Waals surface area contributed by atoms with Crippen LogP contribution in [-0.4, -0.2) is 55.4 Å². The predicted octanol–water partition coefficient (Wildman–Crippen LogP) is 5.94. The lowest BCUT2D eigenvalue weighted by Crippen LogP contribution is -2.30. The second-order valence-electron chi connectivity index (χ2n) is 9.95. The second kappa shape index (κ2) is 16.0. The molecule has 0 spiro atoms. The summed E-state index contributed by atoms with van der Waals surface area (Å²) < 4.78 is 16.3. The third-order valence-corrected chi connectivity index (χ3v) is 7.81. The standard InChI is InChI=1S/C35H33N3O8S/c1-21(32(39)37-26-12-8-11-24(20-26)35(42)43)47-27-15-13-25(14-16-27)36-34(41)28(38-33(40)23-9-6-5-7-10-23)17-22-18-29(44-2)31(46-4)30(19-22)45-3/h5-21H,1-4H3,(H,36,41)(H,37,39)(H,38,40)(H,42,43)/b28-17-. The average Bonchev–Trinajstić information content (AvgIpc) is 3.08. The SMILES string of the molecule is COc1cc(/C=C(\NC(=O)c2ccccc2)C(=O)Nc2ccc(SC(C)C(=O)Nc3cccc(C(=O)O)c3)cc2)cc(OC)c1OC. The van der Waals surface area contributed by atoms with Crippen molar-refractivity contribution in [1.82, 2.24) is 5.32 Å². The zero-order valence-electron chi connectivity index (χ0n) is 26.0. The minimum absolute atomic E-state index is 0.0381. The minimum atomic E-state index is -1.09. The fourth-order valence-electron chi connectivity index (χ4n) is 4.34. The highest BCUT2D eigenvalue weighted by molar-refractivity contribution is 8.00. The van der Waals surface area contributed by atoms with Crippen molar-refractivity contribution >= 4 is 52.9 Å². The second-order valence-corrected chi connectivity index (χ2v) is 11.4. The summed E-state index contributed by atoms with van der Waals surface area (Å²) in [7, 11) is 4.44. The molecule has 0 heterocycles. The van der Waals surface area contributed by atoms with E-state index in [4.69, 9.17) is 14.2 Å². The van der Waals surface area contributed by atoms with Gasteiger partial charge in [0.1, 0.15) is 5.70 Å². The minimum Gasteiger partial charge on any atom is -0.493 e. The molecule has 4 aromatic rings. The van der Waals surface area contributed by atoms with Crippen LogP contribution < -0.4 is 30.2 Å². The molecule has 0 aliphatic heterocycles. The summed E-state index contributed by atoms with van der Waals surface area (Å²) in [6.07, 6.45) is 1.50. The molecule has 4 rings (SSSR count). The van der Waals surface area contributed by atoms with Crippen LogP contribution in [0.25, 0.3) is 6.08 Å². The molecule has 0 bridgehead atoms. The van der Waals surface area contributed by atoms with Crippen molar-refractivity contribution in [2.24, 2.45) is 0 Å². The Morgan fingerprint density at radius 3 is 1.98 bits per heavy atom. The first-order chi connectivity index (χ1) is 22.6. The number of carbonyl (C=O) groups is 4. The summed E-state index contributed by atoms with van der Waals surface area (Å²) in [5.74, 6) is -1.32. The first-order valence-corrected chi connectivity index (χ1v) is 15.1. The maximum atomic E-state index is 13.5. The van der Waals surface area contributed by atoms with Gasteiger partial charge in [-0.3, -0.25) is 14.4 Å². The van der Waals surface area contributed by atoms with Crippen LogP contribution in [0.1, 0.15) is 33.2 Å². The number of hydrogen-bond acceptors (Lipinski definition) is 8. The number of amides is 3. The van der Waals surface area contributed by atoms with Gasteiger partial charge in [-0.15, -0.1) is 11.8 Å². The van der Waals surface area contributed by atoms with Crippen molar-refractivity contribution in [1.29, 1.82) is 0 Å². The van der Waals surface area contributed by atoms with Crippen molar-refractivity contribution < 1.29 is 38.5 Å². The molecule has 0 aromatic heterocycles. The van der Waals surface area contributed by atoms with Crippen molar-refractivity contribution in [3.05, 3.63) is 113 Å². The number of carbonyl (C=O) groups excluding carboxylic acids is 3. The summed E-state index contributed by atoms with van der Waals surface area (Å²) in [5, 5.41) is 16.9. The van der Waals surface area contributed by atoms with E-state index >= 15 is 0 Å². The number of thioether (sulfide) groups is 1. The van der Waals surface area contributed by atoms with E-state index in [9.17, 15) is 24.3 Å². The third-order valence-electron chi connectivity index (χ3n) is 6.70. The van der Waals surface area contributed by atoms with Gasteiger partial charge in [-0.1, -0.05) is 24.3 Å². The Morgan fingerprint density at radius 1 is 0.745 bits per heavy atom. The number of benzene rings is 4. The highest BCUT2D eigenvalue weighted by Crippen LogP contribution is 2.38. The largest absolute Gasteiger partial charge is 0.493 e. The zero-order chi connectivity index (χ0) is 33.9. The van der Waals surface area contributed by atoms with E-state index < -0.39 is 23.0 Å². The Balaban J connectivity index is 1.50. The number of anilines is 2. The van der Waals surface area contributed by atoms with Crippen LogP contribution >= 0.6 is 11.8 Å². The molecule has 3 amide bonds.